The van der Waals surface area contributed by atoms with E-state index >= 15 is 4.39 Å². The van der Waals surface area contributed by atoms with Crippen LogP contribution in [0.2, 0.25) is 0 Å². The Morgan fingerprint density at radius 3 is 2.13 bits per heavy atom. The number of ketones is 1. The Balaban J connectivity index is 1.19. The number of hydrogen-bond donors (Lipinski definition) is 3. The molecule has 1 saturated heterocycles. The Labute approximate surface area is 273 Å². The molecule has 1 heterocycles. The van der Waals surface area contributed by atoms with Gasteiger partial charge in [0.05, 0.1) is 39.0 Å². The van der Waals surface area contributed by atoms with Crippen molar-refractivity contribution in [1.29, 1.82) is 0 Å². The molecule has 5 rings (SSSR count). The highest BCUT2D eigenvalue weighted by Gasteiger charge is 2.31. The number of amides is 2. The SMILES string of the molecule is CCCOCCOCCOc1ccc(OC)c(F)c1C(=O)c1ccc(C(=O)N[C@@H]2CNC[C@H]2NC(=O)c2ccc3c(c2)CC=C3)cc1. The van der Waals surface area contributed by atoms with Crippen LogP contribution in [0, 0.1) is 5.82 Å². The predicted octanol–water partition coefficient (Wildman–Crippen LogP) is 3.96. The summed E-state index contributed by atoms with van der Waals surface area (Å²) in [6, 6.07) is 13.8. The second-order valence-corrected chi connectivity index (χ2v) is 11.3. The largest absolute Gasteiger partial charge is 0.494 e. The fourth-order valence-corrected chi connectivity index (χ4v) is 5.51. The lowest BCUT2D eigenvalue weighted by Gasteiger charge is -2.21. The minimum Gasteiger partial charge on any atom is -0.494 e. The van der Waals surface area contributed by atoms with Crippen LogP contribution in [0.5, 0.6) is 11.5 Å². The summed E-state index contributed by atoms with van der Waals surface area (Å²) < 4.78 is 37.0. The Morgan fingerprint density at radius 2 is 1.43 bits per heavy atom. The molecule has 11 heteroatoms. The van der Waals surface area contributed by atoms with Crippen molar-refractivity contribution in [3.63, 3.8) is 0 Å². The Morgan fingerprint density at radius 1 is 0.809 bits per heavy atom. The molecule has 2 aliphatic rings. The lowest BCUT2D eigenvalue weighted by molar-refractivity contribution is 0.0364. The molecule has 3 aromatic carbocycles. The molecule has 10 nitrogen and oxygen atoms in total. The molecular formula is C36H40FN3O7. The number of ether oxygens (including phenoxy) is 4. The van der Waals surface area contributed by atoms with E-state index in [2.05, 4.69) is 22.0 Å². The van der Waals surface area contributed by atoms with E-state index in [1.54, 1.807) is 6.07 Å². The summed E-state index contributed by atoms with van der Waals surface area (Å²) in [5.41, 5.74) is 3.01. The first kappa shape index (κ1) is 33.8. The number of carbonyl (C=O) groups is 3. The summed E-state index contributed by atoms with van der Waals surface area (Å²) in [7, 11) is 1.32. The standard InChI is InChI=1S/C36H40FN3O7/c1-3-15-45-16-17-46-18-19-47-30-13-14-31(44-2)33(37)32(30)34(41)24-8-10-25(11-9-24)35(42)39-28-21-38-22-29(28)40-36(43)27-12-7-23-5-4-6-26(23)20-27/h4-5,7-14,20,28-29,38H,3,6,15-19,21-22H2,1-2H3,(H,39,42)(H,40,43)/t28-,29-/m1/s1. The number of methoxy groups -OCH3 is 1. The molecule has 1 aliphatic heterocycles. The summed E-state index contributed by atoms with van der Waals surface area (Å²) in [4.78, 5) is 39.6. The normalized spacial score (nSPS) is 16.5. The van der Waals surface area contributed by atoms with Gasteiger partial charge in [-0.3, -0.25) is 14.4 Å². The predicted molar refractivity (Wildman–Crippen MR) is 175 cm³/mol. The monoisotopic (exact) mass is 645 g/mol. The third-order valence-electron chi connectivity index (χ3n) is 8.02. The summed E-state index contributed by atoms with van der Waals surface area (Å²) in [5, 5.41) is 9.23. The zero-order chi connectivity index (χ0) is 33.2. The fraction of sp³-hybridized carbons (Fsp3) is 0.361. The summed E-state index contributed by atoms with van der Waals surface area (Å²) in [6.07, 6.45) is 5.84. The first-order valence-electron chi connectivity index (χ1n) is 15.8. The number of carbonyl (C=O) groups excluding carboxylic acids is 3. The van der Waals surface area contributed by atoms with Crippen molar-refractivity contribution >= 4 is 23.7 Å². The molecule has 2 atom stereocenters. The van der Waals surface area contributed by atoms with E-state index < -0.39 is 11.6 Å². The van der Waals surface area contributed by atoms with Gasteiger partial charge in [-0.2, -0.15) is 0 Å². The minimum atomic E-state index is -0.843. The Bertz CT molecular complexity index is 1610. The second-order valence-electron chi connectivity index (χ2n) is 11.3. The average Bonchev–Trinajstić information content (AvgIpc) is 3.74. The van der Waals surface area contributed by atoms with Crippen LogP contribution >= 0.6 is 0 Å². The van der Waals surface area contributed by atoms with Gasteiger partial charge in [-0.15, -0.1) is 0 Å². The lowest BCUT2D eigenvalue weighted by atomic mass is 10.00. The molecule has 1 fully saturated rings. The van der Waals surface area contributed by atoms with E-state index in [9.17, 15) is 14.4 Å². The number of benzene rings is 3. The van der Waals surface area contributed by atoms with Crippen LogP contribution in [0.15, 0.2) is 60.7 Å². The van der Waals surface area contributed by atoms with Gasteiger partial charge in [0, 0.05) is 36.4 Å². The molecule has 3 aromatic rings. The molecule has 3 N–H and O–H groups in total. The van der Waals surface area contributed by atoms with E-state index in [4.69, 9.17) is 18.9 Å². The van der Waals surface area contributed by atoms with Crippen molar-refractivity contribution in [2.75, 3.05) is 53.2 Å². The second kappa shape index (κ2) is 16.3. The molecule has 2 amide bonds. The van der Waals surface area contributed by atoms with Crippen LogP contribution in [-0.4, -0.2) is 82.9 Å². The van der Waals surface area contributed by atoms with Crippen molar-refractivity contribution < 1.29 is 37.7 Å². The molecule has 0 radical (unpaired) electrons. The Kier molecular flexibility index (Phi) is 11.7. The van der Waals surface area contributed by atoms with E-state index in [-0.39, 0.29) is 59.7 Å². The molecular weight excluding hydrogens is 605 g/mol. The molecule has 0 unspecified atom stereocenters. The van der Waals surface area contributed by atoms with Gasteiger partial charge in [-0.25, -0.2) is 4.39 Å². The zero-order valence-corrected chi connectivity index (χ0v) is 26.6. The highest BCUT2D eigenvalue weighted by Crippen LogP contribution is 2.31. The van der Waals surface area contributed by atoms with Crippen LogP contribution in [0.4, 0.5) is 4.39 Å². The smallest absolute Gasteiger partial charge is 0.251 e. The maximum Gasteiger partial charge on any atom is 0.251 e. The van der Waals surface area contributed by atoms with Gasteiger partial charge in [0.25, 0.3) is 11.8 Å². The van der Waals surface area contributed by atoms with E-state index in [1.165, 1.54) is 43.5 Å². The molecule has 1 aliphatic carbocycles. The van der Waals surface area contributed by atoms with Crippen molar-refractivity contribution in [2.45, 2.75) is 31.8 Å². The average molecular weight is 646 g/mol. The number of fused-ring (bicyclic) bond motifs is 1. The number of rotatable bonds is 16. The maximum atomic E-state index is 15.4. The summed E-state index contributed by atoms with van der Waals surface area (Å²) in [6.45, 7) is 4.86. The summed E-state index contributed by atoms with van der Waals surface area (Å²) in [5.74, 6) is -2.07. The van der Waals surface area contributed by atoms with Crippen LogP contribution in [-0.2, 0) is 15.9 Å². The number of allylic oxidation sites excluding steroid dienone is 1. The van der Waals surface area contributed by atoms with Gasteiger partial charge in [0.1, 0.15) is 17.9 Å². The number of nitrogens with one attached hydrogen (secondary N) is 3. The van der Waals surface area contributed by atoms with Crippen LogP contribution in [0.3, 0.4) is 0 Å². The lowest BCUT2D eigenvalue weighted by Crippen LogP contribution is -2.51. The highest BCUT2D eigenvalue weighted by molar-refractivity contribution is 6.11. The highest BCUT2D eigenvalue weighted by atomic mass is 19.1. The third-order valence-corrected chi connectivity index (χ3v) is 8.02. The van der Waals surface area contributed by atoms with Crippen LogP contribution < -0.4 is 25.4 Å². The van der Waals surface area contributed by atoms with Gasteiger partial charge in [-0.1, -0.05) is 37.3 Å². The van der Waals surface area contributed by atoms with Gasteiger partial charge in [0.2, 0.25) is 0 Å². The topological polar surface area (TPSA) is 124 Å². The molecule has 0 spiro atoms. The number of hydrogen-bond acceptors (Lipinski definition) is 8. The van der Waals surface area contributed by atoms with Crippen LogP contribution in [0.25, 0.3) is 6.08 Å². The van der Waals surface area contributed by atoms with Crippen molar-refractivity contribution in [1.82, 2.24) is 16.0 Å². The molecule has 0 aromatic heterocycles. The molecule has 0 bridgehead atoms. The van der Waals surface area contributed by atoms with Gasteiger partial charge in [-0.05, 0) is 60.4 Å². The quantitative estimate of drug-likeness (QED) is 0.158. The minimum absolute atomic E-state index is 0.0549. The zero-order valence-electron chi connectivity index (χ0n) is 26.6. The fourth-order valence-electron chi connectivity index (χ4n) is 5.51. The summed E-state index contributed by atoms with van der Waals surface area (Å²) >= 11 is 0. The Hall–Kier alpha value is -4.58. The van der Waals surface area contributed by atoms with E-state index in [1.807, 2.05) is 25.1 Å². The molecule has 47 heavy (non-hydrogen) atoms. The number of halogens is 1. The molecule has 248 valence electrons. The first-order valence-corrected chi connectivity index (χ1v) is 15.8. The van der Waals surface area contributed by atoms with Crippen molar-refractivity contribution in [3.05, 3.63) is 99.9 Å². The molecule has 0 saturated carbocycles. The third kappa shape index (κ3) is 8.42. The van der Waals surface area contributed by atoms with E-state index in [0.29, 0.717) is 44.0 Å². The van der Waals surface area contributed by atoms with Crippen LogP contribution in [0.1, 0.15) is 61.1 Å². The van der Waals surface area contributed by atoms with Crippen molar-refractivity contribution in [2.24, 2.45) is 0 Å². The first-order chi connectivity index (χ1) is 22.9. The van der Waals surface area contributed by atoms with Crippen molar-refractivity contribution in [3.8, 4) is 11.5 Å². The van der Waals surface area contributed by atoms with Gasteiger partial charge in [0.15, 0.2) is 17.3 Å². The van der Waals surface area contributed by atoms with Gasteiger partial charge < -0.3 is 34.9 Å². The van der Waals surface area contributed by atoms with E-state index in [0.717, 1.165) is 24.0 Å². The maximum absolute atomic E-state index is 15.4. The van der Waals surface area contributed by atoms with Gasteiger partial charge >= 0.3 is 0 Å².